The molecule has 0 saturated carbocycles. The first kappa shape index (κ1) is 13.0. The van der Waals surface area contributed by atoms with E-state index in [0.29, 0.717) is 6.04 Å². The zero-order chi connectivity index (χ0) is 13.0. The van der Waals surface area contributed by atoms with E-state index in [0.717, 1.165) is 28.6 Å². The van der Waals surface area contributed by atoms with Crippen molar-refractivity contribution >= 4 is 33.9 Å². The number of hydrogen-bond acceptors (Lipinski definition) is 4. The molecular formula is C14H19N3S. The third-order valence-electron chi connectivity index (χ3n) is 3.01. The Morgan fingerprint density at radius 1 is 1.33 bits per heavy atom. The van der Waals surface area contributed by atoms with Gasteiger partial charge in [0.1, 0.15) is 0 Å². The quantitative estimate of drug-likeness (QED) is 0.810. The molecule has 2 rings (SSSR count). The van der Waals surface area contributed by atoms with E-state index in [2.05, 4.69) is 23.5 Å². The second-order valence-electron chi connectivity index (χ2n) is 4.45. The number of benzene rings is 1. The molecule has 3 nitrogen and oxygen atoms in total. The van der Waals surface area contributed by atoms with Crippen molar-refractivity contribution in [3.8, 4) is 0 Å². The normalized spacial score (nSPS) is 12.6. The standard InChI is InChI=1S/C14H19N3S/c1-10(6-8-18-2)17-14-4-3-13(15)11-5-7-16-9-12(11)14/h3-5,7,9-10,17H,6,8,15H2,1-2H3. The Hall–Kier alpha value is -1.42. The summed E-state index contributed by atoms with van der Waals surface area (Å²) in [6.45, 7) is 2.20. The maximum Gasteiger partial charge on any atom is 0.0439 e. The summed E-state index contributed by atoms with van der Waals surface area (Å²) in [6, 6.07) is 6.40. The average molecular weight is 261 g/mol. The van der Waals surface area contributed by atoms with Crippen LogP contribution in [0.4, 0.5) is 11.4 Å². The maximum absolute atomic E-state index is 5.98. The monoisotopic (exact) mass is 261 g/mol. The number of nitrogens with one attached hydrogen (secondary N) is 1. The second kappa shape index (κ2) is 5.96. The van der Waals surface area contributed by atoms with Gasteiger partial charge in [-0.15, -0.1) is 0 Å². The van der Waals surface area contributed by atoms with Crippen molar-refractivity contribution in [2.24, 2.45) is 0 Å². The van der Waals surface area contributed by atoms with Gasteiger partial charge in [-0.3, -0.25) is 4.98 Å². The first-order valence-corrected chi connectivity index (χ1v) is 7.49. The van der Waals surface area contributed by atoms with Crippen LogP contribution in [0.15, 0.2) is 30.6 Å². The van der Waals surface area contributed by atoms with Crippen LogP contribution >= 0.6 is 11.8 Å². The predicted molar refractivity (Wildman–Crippen MR) is 82.2 cm³/mol. The number of hydrogen-bond donors (Lipinski definition) is 2. The fourth-order valence-corrected chi connectivity index (χ4v) is 2.56. The molecule has 0 bridgehead atoms. The SMILES string of the molecule is CSCCC(C)Nc1ccc(N)c2ccncc12. The van der Waals surface area contributed by atoms with Crippen LogP contribution in [0.25, 0.3) is 10.8 Å². The molecule has 1 heterocycles. The fourth-order valence-electron chi connectivity index (χ4n) is 1.97. The first-order valence-electron chi connectivity index (χ1n) is 6.10. The molecular weight excluding hydrogens is 242 g/mol. The van der Waals surface area contributed by atoms with Crippen LogP contribution in [0.1, 0.15) is 13.3 Å². The van der Waals surface area contributed by atoms with Gasteiger partial charge in [-0.1, -0.05) is 0 Å². The summed E-state index contributed by atoms with van der Waals surface area (Å²) in [5.74, 6) is 1.17. The third kappa shape index (κ3) is 2.88. The van der Waals surface area contributed by atoms with E-state index in [4.69, 9.17) is 5.73 Å². The van der Waals surface area contributed by atoms with E-state index < -0.39 is 0 Å². The highest BCUT2D eigenvalue weighted by molar-refractivity contribution is 7.98. The Bertz CT molecular complexity index is 527. The minimum Gasteiger partial charge on any atom is -0.398 e. The zero-order valence-corrected chi connectivity index (χ0v) is 11.6. The number of fused-ring (bicyclic) bond motifs is 1. The predicted octanol–water partition coefficient (Wildman–Crippen LogP) is 3.37. The summed E-state index contributed by atoms with van der Waals surface area (Å²) in [6.07, 6.45) is 6.93. The Morgan fingerprint density at radius 3 is 2.94 bits per heavy atom. The summed E-state index contributed by atoms with van der Waals surface area (Å²) in [5, 5.41) is 5.69. The number of anilines is 2. The molecule has 3 N–H and O–H groups in total. The van der Waals surface area contributed by atoms with E-state index in [1.807, 2.05) is 36.2 Å². The molecule has 0 radical (unpaired) electrons. The first-order chi connectivity index (χ1) is 8.72. The third-order valence-corrected chi connectivity index (χ3v) is 3.65. The maximum atomic E-state index is 5.98. The van der Waals surface area contributed by atoms with E-state index in [-0.39, 0.29) is 0 Å². The van der Waals surface area contributed by atoms with E-state index in [1.165, 1.54) is 5.75 Å². The number of pyridine rings is 1. The molecule has 2 aromatic rings. The molecule has 4 heteroatoms. The Balaban J connectivity index is 2.26. The van der Waals surface area contributed by atoms with Crippen LogP contribution in [0.3, 0.4) is 0 Å². The minimum absolute atomic E-state index is 0.449. The van der Waals surface area contributed by atoms with Crippen molar-refractivity contribution < 1.29 is 0 Å². The number of thioether (sulfide) groups is 1. The Kier molecular flexibility index (Phi) is 4.31. The molecule has 0 spiro atoms. The summed E-state index contributed by atoms with van der Waals surface area (Å²) in [5.41, 5.74) is 7.89. The van der Waals surface area contributed by atoms with Gasteiger partial charge >= 0.3 is 0 Å². The lowest BCUT2D eigenvalue weighted by molar-refractivity contribution is 0.773. The highest BCUT2D eigenvalue weighted by Crippen LogP contribution is 2.28. The molecule has 1 unspecified atom stereocenters. The lowest BCUT2D eigenvalue weighted by Gasteiger charge is -2.17. The van der Waals surface area contributed by atoms with Gasteiger partial charge in [-0.25, -0.2) is 0 Å². The molecule has 0 aliphatic rings. The molecule has 96 valence electrons. The van der Waals surface area contributed by atoms with Crippen molar-refractivity contribution in [2.45, 2.75) is 19.4 Å². The van der Waals surface area contributed by atoms with Crippen molar-refractivity contribution in [1.82, 2.24) is 4.98 Å². The Morgan fingerprint density at radius 2 is 2.17 bits per heavy atom. The van der Waals surface area contributed by atoms with Crippen LogP contribution < -0.4 is 11.1 Å². The van der Waals surface area contributed by atoms with Crippen molar-refractivity contribution in [3.05, 3.63) is 30.6 Å². The fraction of sp³-hybridized carbons (Fsp3) is 0.357. The number of rotatable bonds is 5. The lowest BCUT2D eigenvalue weighted by atomic mass is 10.1. The average Bonchev–Trinajstić information content (AvgIpc) is 2.40. The van der Waals surface area contributed by atoms with Gasteiger partial charge in [0.05, 0.1) is 0 Å². The van der Waals surface area contributed by atoms with Crippen molar-refractivity contribution in [2.75, 3.05) is 23.1 Å². The van der Waals surface area contributed by atoms with Crippen molar-refractivity contribution in [1.29, 1.82) is 0 Å². The van der Waals surface area contributed by atoms with Crippen LogP contribution in [0.5, 0.6) is 0 Å². The van der Waals surface area contributed by atoms with Crippen LogP contribution in [0, 0.1) is 0 Å². The van der Waals surface area contributed by atoms with Gasteiger partial charge < -0.3 is 11.1 Å². The molecule has 18 heavy (non-hydrogen) atoms. The smallest absolute Gasteiger partial charge is 0.0439 e. The molecule has 1 aromatic heterocycles. The van der Waals surface area contributed by atoms with Gasteiger partial charge in [-0.2, -0.15) is 11.8 Å². The van der Waals surface area contributed by atoms with Gasteiger partial charge in [-0.05, 0) is 43.6 Å². The van der Waals surface area contributed by atoms with Gasteiger partial charge in [0.15, 0.2) is 0 Å². The molecule has 0 fully saturated rings. The number of nitrogens with zero attached hydrogens (tertiary/aromatic N) is 1. The largest absolute Gasteiger partial charge is 0.398 e. The van der Waals surface area contributed by atoms with Crippen LogP contribution in [-0.4, -0.2) is 23.0 Å². The number of nitrogen functional groups attached to an aromatic ring is 1. The van der Waals surface area contributed by atoms with E-state index >= 15 is 0 Å². The van der Waals surface area contributed by atoms with Crippen LogP contribution in [0.2, 0.25) is 0 Å². The highest BCUT2D eigenvalue weighted by atomic mass is 32.2. The minimum atomic E-state index is 0.449. The molecule has 0 amide bonds. The number of aromatic nitrogens is 1. The molecule has 1 atom stereocenters. The summed E-state index contributed by atoms with van der Waals surface area (Å²) >= 11 is 1.87. The number of nitrogens with two attached hydrogens (primary N) is 1. The second-order valence-corrected chi connectivity index (χ2v) is 5.44. The molecule has 0 saturated heterocycles. The topological polar surface area (TPSA) is 50.9 Å². The van der Waals surface area contributed by atoms with E-state index in [9.17, 15) is 0 Å². The van der Waals surface area contributed by atoms with Gasteiger partial charge in [0, 0.05) is 40.6 Å². The zero-order valence-electron chi connectivity index (χ0n) is 10.8. The van der Waals surface area contributed by atoms with Crippen molar-refractivity contribution in [3.63, 3.8) is 0 Å². The molecule has 1 aromatic carbocycles. The highest BCUT2D eigenvalue weighted by Gasteiger charge is 2.07. The summed E-state index contributed by atoms with van der Waals surface area (Å²) in [7, 11) is 0. The summed E-state index contributed by atoms with van der Waals surface area (Å²) in [4.78, 5) is 4.18. The Labute approximate surface area is 112 Å². The van der Waals surface area contributed by atoms with Gasteiger partial charge in [0.25, 0.3) is 0 Å². The molecule has 0 aliphatic carbocycles. The van der Waals surface area contributed by atoms with Crippen LogP contribution in [-0.2, 0) is 0 Å². The molecule has 0 aliphatic heterocycles. The lowest BCUT2D eigenvalue weighted by Crippen LogP contribution is -2.16. The van der Waals surface area contributed by atoms with Gasteiger partial charge in [0.2, 0.25) is 0 Å². The van der Waals surface area contributed by atoms with E-state index in [1.54, 1.807) is 6.20 Å². The summed E-state index contributed by atoms with van der Waals surface area (Å²) < 4.78 is 0.